The summed E-state index contributed by atoms with van der Waals surface area (Å²) in [5.74, 6) is 1.75. The molecule has 1 saturated carbocycles. The molecule has 1 aliphatic carbocycles. The van der Waals surface area contributed by atoms with Crippen LogP contribution in [0.25, 0.3) is 0 Å². The summed E-state index contributed by atoms with van der Waals surface area (Å²) < 4.78 is 5.37. The molecule has 11 heavy (non-hydrogen) atoms. The maximum Gasteiger partial charge on any atom is 0.0574 e. The second-order valence-electron chi connectivity index (χ2n) is 4.03. The Morgan fingerprint density at radius 1 is 1.27 bits per heavy atom. The summed E-state index contributed by atoms with van der Waals surface area (Å²) in [6.45, 7) is 4.64. The number of methoxy groups -OCH3 is 1. The molecule has 0 amide bonds. The second-order valence-corrected chi connectivity index (χ2v) is 4.03. The average Bonchev–Trinajstić information content (AvgIpc) is 2.05. The Labute approximate surface area is 70.1 Å². The van der Waals surface area contributed by atoms with Crippen LogP contribution in [0.5, 0.6) is 0 Å². The van der Waals surface area contributed by atoms with E-state index < -0.39 is 0 Å². The van der Waals surface area contributed by atoms with Crippen molar-refractivity contribution in [3.05, 3.63) is 0 Å². The molecule has 66 valence electrons. The van der Waals surface area contributed by atoms with Crippen molar-refractivity contribution in [1.29, 1.82) is 0 Å². The zero-order valence-electron chi connectivity index (χ0n) is 7.97. The summed E-state index contributed by atoms with van der Waals surface area (Å²) >= 11 is 0. The van der Waals surface area contributed by atoms with Crippen LogP contribution in [-0.4, -0.2) is 13.2 Å². The van der Waals surface area contributed by atoms with E-state index in [2.05, 4.69) is 13.8 Å². The van der Waals surface area contributed by atoms with Crippen molar-refractivity contribution in [3.63, 3.8) is 0 Å². The van der Waals surface area contributed by atoms with Crippen molar-refractivity contribution in [2.75, 3.05) is 7.11 Å². The van der Waals surface area contributed by atoms with Gasteiger partial charge in [-0.3, -0.25) is 0 Å². The van der Waals surface area contributed by atoms with Crippen LogP contribution in [0, 0.1) is 11.8 Å². The Hall–Kier alpha value is -0.0400. The van der Waals surface area contributed by atoms with Gasteiger partial charge in [0.2, 0.25) is 0 Å². The van der Waals surface area contributed by atoms with E-state index in [9.17, 15) is 0 Å². The van der Waals surface area contributed by atoms with Gasteiger partial charge < -0.3 is 4.74 Å². The molecule has 1 nitrogen and oxygen atoms in total. The average molecular weight is 156 g/mol. The minimum Gasteiger partial charge on any atom is -0.381 e. The van der Waals surface area contributed by atoms with Crippen molar-refractivity contribution in [2.45, 2.75) is 45.6 Å². The van der Waals surface area contributed by atoms with Crippen LogP contribution in [0.1, 0.15) is 39.5 Å². The first-order valence-electron chi connectivity index (χ1n) is 4.76. The highest BCUT2D eigenvalue weighted by atomic mass is 16.5. The zero-order valence-corrected chi connectivity index (χ0v) is 7.97. The molecule has 0 aromatic heterocycles. The number of hydrogen-bond acceptors (Lipinski definition) is 1. The van der Waals surface area contributed by atoms with E-state index in [0.717, 1.165) is 11.8 Å². The quantitative estimate of drug-likeness (QED) is 0.597. The lowest BCUT2D eigenvalue weighted by Gasteiger charge is -2.30. The topological polar surface area (TPSA) is 9.23 Å². The van der Waals surface area contributed by atoms with E-state index >= 15 is 0 Å². The van der Waals surface area contributed by atoms with Gasteiger partial charge in [0.1, 0.15) is 0 Å². The second kappa shape index (κ2) is 4.10. The zero-order chi connectivity index (χ0) is 8.27. The SMILES string of the molecule is CO[C@@H]1CCC[C@@H](C(C)C)C1. The van der Waals surface area contributed by atoms with Crippen LogP contribution in [-0.2, 0) is 4.74 Å². The van der Waals surface area contributed by atoms with Crippen molar-refractivity contribution < 1.29 is 4.74 Å². The molecular weight excluding hydrogens is 136 g/mol. The van der Waals surface area contributed by atoms with Gasteiger partial charge in [-0.1, -0.05) is 26.7 Å². The van der Waals surface area contributed by atoms with Gasteiger partial charge in [0.15, 0.2) is 0 Å². The molecule has 2 atom stereocenters. The van der Waals surface area contributed by atoms with Gasteiger partial charge >= 0.3 is 0 Å². The van der Waals surface area contributed by atoms with Crippen molar-refractivity contribution in [3.8, 4) is 0 Å². The van der Waals surface area contributed by atoms with E-state index in [1.54, 1.807) is 0 Å². The molecule has 1 heteroatoms. The maximum atomic E-state index is 5.37. The summed E-state index contributed by atoms with van der Waals surface area (Å²) in [7, 11) is 1.84. The standard InChI is InChI=1S/C10H20O/c1-8(2)9-5-4-6-10(7-9)11-3/h8-10H,4-7H2,1-3H3/t9-,10-/m1/s1. The van der Waals surface area contributed by atoms with Crippen LogP contribution in [0.15, 0.2) is 0 Å². The molecule has 0 aromatic carbocycles. The summed E-state index contributed by atoms with van der Waals surface area (Å²) in [4.78, 5) is 0. The third kappa shape index (κ3) is 2.48. The molecular formula is C10H20O. The van der Waals surface area contributed by atoms with E-state index in [1.165, 1.54) is 25.7 Å². The van der Waals surface area contributed by atoms with E-state index in [0.29, 0.717) is 6.10 Å². The van der Waals surface area contributed by atoms with Crippen LogP contribution < -0.4 is 0 Å². The molecule has 1 aliphatic rings. The van der Waals surface area contributed by atoms with Gasteiger partial charge in [0, 0.05) is 7.11 Å². The molecule has 0 aliphatic heterocycles. The molecule has 1 rings (SSSR count). The third-order valence-electron chi connectivity index (χ3n) is 2.94. The summed E-state index contributed by atoms with van der Waals surface area (Å²) in [5, 5.41) is 0. The van der Waals surface area contributed by atoms with Crippen LogP contribution in [0.4, 0.5) is 0 Å². The van der Waals surface area contributed by atoms with Gasteiger partial charge in [-0.05, 0) is 24.7 Å². The molecule has 0 spiro atoms. The van der Waals surface area contributed by atoms with E-state index in [1.807, 2.05) is 7.11 Å². The smallest absolute Gasteiger partial charge is 0.0574 e. The minimum absolute atomic E-state index is 0.552. The van der Waals surface area contributed by atoms with Crippen LogP contribution in [0.3, 0.4) is 0 Å². The monoisotopic (exact) mass is 156 g/mol. The number of hydrogen-bond donors (Lipinski definition) is 0. The molecule has 0 N–H and O–H groups in total. The number of ether oxygens (including phenoxy) is 1. The van der Waals surface area contributed by atoms with Gasteiger partial charge in [-0.25, -0.2) is 0 Å². The van der Waals surface area contributed by atoms with Crippen molar-refractivity contribution >= 4 is 0 Å². The fraction of sp³-hybridized carbons (Fsp3) is 1.00. The molecule has 1 fully saturated rings. The lowest BCUT2D eigenvalue weighted by molar-refractivity contribution is 0.0408. The molecule has 0 aromatic rings. The van der Waals surface area contributed by atoms with E-state index in [4.69, 9.17) is 4.74 Å². The van der Waals surface area contributed by atoms with Crippen molar-refractivity contribution in [1.82, 2.24) is 0 Å². The predicted molar refractivity (Wildman–Crippen MR) is 47.6 cm³/mol. The highest BCUT2D eigenvalue weighted by Crippen LogP contribution is 2.30. The van der Waals surface area contributed by atoms with Crippen LogP contribution >= 0.6 is 0 Å². The van der Waals surface area contributed by atoms with Gasteiger partial charge in [-0.15, -0.1) is 0 Å². The summed E-state index contributed by atoms with van der Waals surface area (Å²) in [6.07, 6.45) is 5.89. The Morgan fingerprint density at radius 3 is 2.55 bits per heavy atom. The third-order valence-corrected chi connectivity index (χ3v) is 2.94. The molecule has 0 radical (unpaired) electrons. The Balaban J connectivity index is 2.33. The first-order valence-corrected chi connectivity index (χ1v) is 4.76. The maximum absolute atomic E-state index is 5.37. The summed E-state index contributed by atoms with van der Waals surface area (Å²) in [5.41, 5.74) is 0. The minimum atomic E-state index is 0.552. The lowest BCUT2D eigenvalue weighted by atomic mass is 9.80. The van der Waals surface area contributed by atoms with Crippen LogP contribution in [0.2, 0.25) is 0 Å². The normalized spacial score (nSPS) is 32.7. The lowest BCUT2D eigenvalue weighted by Crippen LogP contribution is -2.24. The highest BCUT2D eigenvalue weighted by Gasteiger charge is 2.23. The molecule has 0 heterocycles. The fourth-order valence-corrected chi connectivity index (χ4v) is 2.00. The first-order chi connectivity index (χ1) is 5.24. The predicted octanol–water partition coefficient (Wildman–Crippen LogP) is 2.85. The van der Waals surface area contributed by atoms with Gasteiger partial charge in [-0.2, -0.15) is 0 Å². The Kier molecular flexibility index (Phi) is 3.38. The van der Waals surface area contributed by atoms with E-state index in [-0.39, 0.29) is 0 Å². The molecule has 0 saturated heterocycles. The Morgan fingerprint density at radius 2 is 2.00 bits per heavy atom. The van der Waals surface area contributed by atoms with Gasteiger partial charge in [0.05, 0.1) is 6.10 Å². The fourth-order valence-electron chi connectivity index (χ4n) is 2.00. The molecule has 0 unspecified atom stereocenters. The molecule has 0 bridgehead atoms. The summed E-state index contributed by atoms with van der Waals surface area (Å²) in [6, 6.07) is 0. The largest absolute Gasteiger partial charge is 0.381 e. The highest BCUT2D eigenvalue weighted by molar-refractivity contribution is 4.74. The Bertz CT molecular complexity index is 109. The first kappa shape index (κ1) is 9.05. The van der Waals surface area contributed by atoms with Crippen molar-refractivity contribution in [2.24, 2.45) is 11.8 Å². The van der Waals surface area contributed by atoms with Gasteiger partial charge in [0.25, 0.3) is 0 Å². The number of rotatable bonds is 2.